The van der Waals surface area contributed by atoms with Crippen LogP contribution < -0.4 is 10.1 Å². The zero-order valence-electron chi connectivity index (χ0n) is 15.1. The van der Waals surface area contributed by atoms with Crippen molar-refractivity contribution in [2.45, 2.75) is 23.3 Å². The lowest BCUT2D eigenvalue weighted by Crippen LogP contribution is -2.05. The maximum atomic E-state index is 11.0. The number of nitro groups is 1. The van der Waals surface area contributed by atoms with E-state index >= 15 is 0 Å². The zero-order chi connectivity index (χ0) is 19.9. The number of nitrogens with zero attached hydrogens (tertiary/aromatic N) is 1. The number of amides is 1. The van der Waals surface area contributed by atoms with Crippen LogP contribution in [0, 0.1) is 10.1 Å². The van der Waals surface area contributed by atoms with Crippen LogP contribution in [-0.4, -0.2) is 10.8 Å². The highest BCUT2D eigenvalue weighted by molar-refractivity contribution is 7.99. The van der Waals surface area contributed by atoms with Gasteiger partial charge in [0, 0.05) is 34.5 Å². The Bertz CT molecular complexity index is 955. The van der Waals surface area contributed by atoms with E-state index < -0.39 is 4.92 Å². The first-order valence-electron chi connectivity index (χ1n) is 8.51. The van der Waals surface area contributed by atoms with Gasteiger partial charge in [0.05, 0.1) is 4.92 Å². The summed E-state index contributed by atoms with van der Waals surface area (Å²) in [6.07, 6.45) is 0. The molecule has 0 saturated heterocycles. The molecule has 3 aromatic carbocycles. The van der Waals surface area contributed by atoms with Gasteiger partial charge in [-0.15, -0.1) is 0 Å². The average molecular weight is 394 g/mol. The largest absolute Gasteiger partial charge is 0.489 e. The smallest absolute Gasteiger partial charge is 0.269 e. The Labute approximate surface area is 166 Å². The second-order valence-electron chi connectivity index (χ2n) is 5.99. The first-order chi connectivity index (χ1) is 13.5. The molecule has 0 aliphatic carbocycles. The van der Waals surface area contributed by atoms with Crippen molar-refractivity contribution in [1.29, 1.82) is 0 Å². The molecule has 1 N–H and O–H groups in total. The van der Waals surface area contributed by atoms with Gasteiger partial charge in [-0.05, 0) is 54.1 Å². The second kappa shape index (κ2) is 9.05. The predicted octanol–water partition coefficient (Wildman–Crippen LogP) is 5.28. The van der Waals surface area contributed by atoms with Crippen LogP contribution in [0.4, 0.5) is 11.4 Å². The van der Waals surface area contributed by atoms with E-state index in [1.165, 1.54) is 30.8 Å². The molecule has 0 unspecified atom stereocenters. The summed E-state index contributed by atoms with van der Waals surface area (Å²) in [4.78, 5) is 23.3. The third-order valence-electron chi connectivity index (χ3n) is 3.79. The van der Waals surface area contributed by atoms with Crippen molar-refractivity contribution in [1.82, 2.24) is 0 Å². The molecule has 1 amide bonds. The Morgan fingerprint density at radius 3 is 2.07 bits per heavy atom. The van der Waals surface area contributed by atoms with E-state index in [-0.39, 0.29) is 11.6 Å². The predicted molar refractivity (Wildman–Crippen MR) is 109 cm³/mol. The Hall–Kier alpha value is -3.32. The Kier molecular flexibility index (Phi) is 6.29. The lowest BCUT2D eigenvalue weighted by molar-refractivity contribution is -0.384. The fraction of sp³-hybridized carbons (Fsp3) is 0.0952. The molecule has 0 aromatic heterocycles. The summed E-state index contributed by atoms with van der Waals surface area (Å²) >= 11 is 1.54. The van der Waals surface area contributed by atoms with Crippen LogP contribution in [-0.2, 0) is 11.4 Å². The molecule has 0 atom stereocenters. The molecule has 0 aliphatic heterocycles. The third-order valence-corrected chi connectivity index (χ3v) is 4.80. The number of carbonyl (C=O) groups is 1. The molecule has 6 nitrogen and oxygen atoms in total. The number of carbonyl (C=O) groups excluding carboxylic acids is 1. The minimum absolute atomic E-state index is 0.0851. The quantitative estimate of drug-likeness (QED) is 0.435. The van der Waals surface area contributed by atoms with Gasteiger partial charge in [0.15, 0.2) is 0 Å². The zero-order valence-corrected chi connectivity index (χ0v) is 15.9. The number of nitrogens with one attached hydrogen (secondary N) is 1. The highest BCUT2D eigenvalue weighted by Gasteiger charge is 2.05. The maximum Gasteiger partial charge on any atom is 0.269 e. The Morgan fingerprint density at radius 1 is 0.964 bits per heavy atom. The molecule has 28 heavy (non-hydrogen) atoms. The summed E-state index contributed by atoms with van der Waals surface area (Å²) in [6, 6.07) is 21.6. The number of ether oxygens (including phenoxy) is 1. The van der Waals surface area contributed by atoms with Crippen LogP contribution in [0.25, 0.3) is 0 Å². The van der Waals surface area contributed by atoms with E-state index in [1.54, 1.807) is 24.3 Å². The number of hydrogen-bond donors (Lipinski definition) is 1. The van der Waals surface area contributed by atoms with Gasteiger partial charge in [-0.25, -0.2) is 0 Å². The van der Waals surface area contributed by atoms with Crippen LogP contribution >= 0.6 is 11.8 Å². The molecule has 0 spiro atoms. The lowest BCUT2D eigenvalue weighted by atomic mass is 10.2. The Morgan fingerprint density at radius 2 is 1.54 bits per heavy atom. The highest BCUT2D eigenvalue weighted by atomic mass is 32.2. The van der Waals surface area contributed by atoms with E-state index in [1.807, 2.05) is 36.4 Å². The van der Waals surface area contributed by atoms with Crippen molar-refractivity contribution in [3.05, 3.63) is 88.5 Å². The second-order valence-corrected chi connectivity index (χ2v) is 7.14. The van der Waals surface area contributed by atoms with E-state index in [4.69, 9.17) is 4.74 Å². The summed E-state index contributed by atoms with van der Waals surface area (Å²) < 4.78 is 5.76. The highest BCUT2D eigenvalue weighted by Crippen LogP contribution is 2.29. The topological polar surface area (TPSA) is 81.5 Å². The summed E-state index contributed by atoms with van der Waals surface area (Å²) in [5.74, 6) is 0.610. The molecule has 142 valence electrons. The van der Waals surface area contributed by atoms with Gasteiger partial charge in [-0.1, -0.05) is 23.9 Å². The standard InChI is InChI=1S/C21H18N2O4S/c1-15(24)22-17-4-8-19(9-5-17)27-14-16-2-10-20(11-3-16)28-21-12-6-18(7-13-21)23(25)26/h2-13H,14H2,1H3,(H,22,24). The molecule has 0 fully saturated rings. The lowest BCUT2D eigenvalue weighted by Gasteiger charge is -2.08. The van der Waals surface area contributed by atoms with Gasteiger partial charge in [0.25, 0.3) is 5.69 Å². The number of non-ortho nitro benzene ring substituents is 1. The minimum atomic E-state index is -0.406. The van der Waals surface area contributed by atoms with Crippen LogP contribution in [0.5, 0.6) is 5.75 Å². The van der Waals surface area contributed by atoms with E-state index in [0.717, 1.165) is 26.8 Å². The SMILES string of the molecule is CC(=O)Nc1ccc(OCc2ccc(Sc3ccc([N+](=O)[O-])cc3)cc2)cc1. The van der Waals surface area contributed by atoms with E-state index in [2.05, 4.69) is 5.32 Å². The summed E-state index contributed by atoms with van der Waals surface area (Å²) in [5, 5.41) is 13.4. The van der Waals surface area contributed by atoms with E-state index in [9.17, 15) is 14.9 Å². The molecule has 7 heteroatoms. The molecule has 3 rings (SSSR count). The normalized spacial score (nSPS) is 10.3. The maximum absolute atomic E-state index is 11.0. The molecule has 0 aliphatic rings. The number of rotatable bonds is 7. The average Bonchev–Trinajstić information content (AvgIpc) is 2.68. The number of anilines is 1. The molecular weight excluding hydrogens is 376 g/mol. The summed E-state index contributed by atoms with van der Waals surface area (Å²) in [6.45, 7) is 1.90. The van der Waals surface area contributed by atoms with Gasteiger partial charge in [0.2, 0.25) is 5.91 Å². The summed E-state index contributed by atoms with van der Waals surface area (Å²) in [7, 11) is 0. The van der Waals surface area contributed by atoms with Crippen LogP contribution in [0.1, 0.15) is 12.5 Å². The van der Waals surface area contributed by atoms with E-state index in [0.29, 0.717) is 6.61 Å². The van der Waals surface area contributed by atoms with Gasteiger partial charge in [0.1, 0.15) is 12.4 Å². The minimum Gasteiger partial charge on any atom is -0.489 e. The van der Waals surface area contributed by atoms with Crippen molar-refractivity contribution in [2.24, 2.45) is 0 Å². The fourth-order valence-electron chi connectivity index (χ4n) is 2.43. The third kappa shape index (κ3) is 5.59. The summed E-state index contributed by atoms with van der Waals surface area (Å²) in [5.41, 5.74) is 1.84. The fourth-order valence-corrected chi connectivity index (χ4v) is 3.25. The molecule has 0 heterocycles. The Balaban J connectivity index is 1.54. The van der Waals surface area contributed by atoms with Crippen molar-refractivity contribution in [2.75, 3.05) is 5.32 Å². The first-order valence-corrected chi connectivity index (χ1v) is 9.33. The van der Waals surface area contributed by atoms with Gasteiger partial charge >= 0.3 is 0 Å². The van der Waals surface area contributed by atoms with Crippen LogP contribution in [0.3, 0.4) is 0 Å². The molecule has 0 radical (unpaired) electrons. The number of hydrogen-bond acceptors (Lipinski definition) is 5. The van der Waals surface area contributed by atoms with Gasteiger partial charge in [-0.3, -0.25) is 14.9 Å². The molecule has 3 aromatic rings. The van der Waals surface area contributed by atoms with Crippen LogP contribution in [0.2, 0.25) is 0 Å². The monoisotopic (exact) mass is 394 g/mol. The molecule has 0 saturated carbocycles. The number of benzene rings is 3. The van der Waals surface area contributed by atoms with Crippen molar-refractivity contribution < 1.29 is 14.5 Å². The van der Waals surface area contributed by atoms with Gasteiger partial charge in [-0.2, -0.15) is 0 Å². The number of nitro benzene ring substituents is 1. The molecular formula is C21H18N2O4S. The first kappa shape index (κ1) is 19.4. The van der Waals surface area contributed by atoms with Crippen molar-refractivity contribution >= 4 is 29.0 Å². The molecule has 0 bridgehead atoms. The van der Waals surface area contributed by atoms with Crippen molar-refractivity contribution in [3.63, 3.8) is 0 Å². The van der Waals surface area contributed by atoms with Crippen LogP contribution in [0.15, 0.2) is 82.6 Å². The van der Waals surface area contributed by atoms with Gasteiger partial charge < -0.3 is 10.1 Å². The van der Waals surface area contributed by atoms with Crippen molar-refractivity contribution in [3.8, 4) is 5.75 Å².